The molecule has 0 bridgehead atoms. The molecule has 15 nitrogen and oxygen atoms in total. The molecule has 1 aromatic heterocycles. The monoisotopic (exact) mass is 650 g/mol. The Kier molecular flexibility index (Phi) is 10.6. The van der Waals surface area contributed by atoms with Crippen LogP contribution < -0.4 is 20.1 Å². The van der Waals surface area contributed by atoms with E-state index >= 15 is 0 Å². The van der Waals surface area contributed by atoms with Gasteiger partial charge in [-0.05, 0) is 48.7 Å². The lowest BCUT2D eigenvalue weighted by atomic mass is 9.82. The van der Waals surface area contributed by atoms with Crippen molar-refractivity contribution in [3.63, 3.8) is 0 Å². The van der Waals surface area contributed by atoms with Crippen molar-refractivity contribution < 1.29 is 61.2 Å². The molecule has 2 aliphatic heterocycles. The third-order valence-corrected chi connectivity index (χ3v) is 6.79. The van der Waals surface area contributed by atoms with Gasteiger partial charge < -0.3 is 39.1 Å². The number of alkyl halides is 2. The molecule has 2 N–H and O–H groups in total. The number of nitrogens with zero attached hydrogens (tertiary/aromatic N) is 2. The van der Waals surface area contributed by atoms with Crippen molar-refractivity contribution in [1.82, 2.24) is 15.2 Å². The molecule has 1 saturated heterocycles. The molecule has 1 fully saturated rings. The molecule has 0 radical (unpaired) electrons. The molecule has 17 heteroatoms. The fourth-order valence-corrected chi connectivity index (χ4v) is 4.46. The van der Waals surface area contributed by atoms with Gasteiger partial charge in [-0.25, -0.2) is 19.5 Å². The minimum atomic E-state index is -3.82. The SMILES string of the molecule is CC(=O)OCOC(=O)C1C(Cc2ccnc(NCOCOC(=O)C(C)C)c2)C(=O)N1C(=O)NC(C)c1ccc2c(c1)OC(F)(F)O2. The summed E-state index contributed by atoms with van der Waals surface area (Å²) in [6.07, 6.45) is -2.36. The normalized spacial score (nSPS) is 18.3. The Labute approximate surface area is 261 Å². The molecule has 248 valence electrons. The van der Waals surface area contributed by atoms with Gasteiger partial charge in [0.2, 0.25) is 12.7 Å². The number of β-lactam (4-membered cyclic amide) rings is 1. The van der Waals surface area contributed by atoms with Crippen molar-refractivity contribution >= 4 is 35.7 Å². The van der Waals surface area contributed by atoms with E-state index < -0.39 is 60.9 Å². The Morgan fingerprint density at radius 3 is 2.48 bits per heavy atom. The fourth-order valence-electron chi connectivity index (χ4n) is 4.46. The Balaban J connectivity index is 1.40. The van der Waals surface area contributed by atoms with Crippen molar-refractivity contribution in [1.29, 1.82) is 0 Å². The summed E-state index contributed by atoms with van der Waals surface area (Å²) in [5, 5.41) is 5.45. The highest BCUT2D eigenvalue weighted by Gasteiger charge is 2.55. The summed E-state index contributed by atoms with van der Waals surface area (Å²) in [5.74, 6) is -4.19. The number of aromatic nitrogens is 1. The van der Waals surface area contributed by atoms with E-state index in [9.17, 15) is 32.8 Å². The van der Waals surface area contributed by atoms with Gasteiger partial charge in [0.15, 0.2) is 24.3 Å². The van der Waals surface area contributed by atoms with E-state index in [-0.39, 0.29) is 37.4 Å². The van der Waals surface area contributed by atoms with E-state index in [1.807, 2.05) is 0 Å². The number of imide groups is 1. The van der Waals surface area contributed by atoms with Crippen LogP contribution >= 0.6 is 0 Å². The molecule has 46 heavy (non-hydrogen) atoms. The second-order valence-electron chi connectivity index (χ2n) is 10.5. The van der Waals surface area contributed by atoms with E-state index in [1.165, 1.54) is 31.3 Å². The van der Waals surface area contributed by atoms with Gasteiger partial charge in [0.1, 0.15) is 12.5 Å². The number of anilines is 1. The number of fused-ring (bicyclic) bond motifs is 1. The summed E-state index contributed by atoms with van der Waals surface area (Å²) in [7, 11) is 0. The third-order valence-electron chi connectivity index (χ3n) is 6.79. The first-order chi connectivity index (χ1) is 21.8. The number of hydrogen-bond acceptors (Lipinski definition) is 13. The zero-order chi connectivity index (χ0) is 33.6. The van der Waals surface area contributed by atoms with Crippen molar-refractivity contribution in [2.45, 2.75) is 52.5 Å². The zero-order valence-electron chi connectivity index (χ0n) is 25.2. The molecule has 0 aliphatic carbocycles. The summed E-state index contributed by atoms with van der Waals surface area (Å²) in [6.45, 7) is 4.98. The zero-order valence-corrected chi connectivity index (χ0v) is 25.2. The first kappa shape index (κ1) is 33.8. The largest absolute Gasteiger partial charge is 0.586 e. The van der Waals surface area contributed by atoms with E-state index in [0.29, 0.717) is 21.8 Å². The van der Waals surface area contributed by atoms with Crippen molar-refractivity contribution in [2.75, 3.05) is 25.6 Å². The maximum Gasteiger partial charge on any atom is 0.586 e. The van der Waals surface area contributed by atoms with Crippen LogP contribution in [0.3, 0.4) is 0 Å². The van der Waals surface area contributed by atoms with Gasteiger partial charge in [0.05, 0.1) is 17.9 Å². The van der Waals surface area contributed by atoms with Crippen molar-refractivity contribution in [3.8, 4) is 11.5 Å². The summed E-state index contributed by atoms with van der Waals surface area (Å²) in [5.41, 5.74) is 0.927. The average molecular weight is 651 g/mol. The van der Waals surface area contributed by atoms with Crippen LogP contribution in [0.1, 0.15) is 44.9 Å². The highest BCUT2D eigenvalue weighted by molar-refractivity contribution is 6.08. The summed E-state index contributed by atoms with van der Waals surface area (Å²) in [4.78, 5) is 66.9. The molecular weight excluding hydrogens is 618 g/mol. The number of hydrogen-bond donors (Lipinski definition) is 2. The second-order valence-corrected chi connectivity index (χ2v) is 10.5. The molecule has 3 atom stereocenters. The van der Waals surface area contributed by atoms with Gasteiger partial charge in [-0.15, -0.1) is 8.78 Å². The number of nitrogens with one attached hydrogen (secondary N) is 2. The predicted octanol–water partition coefficient (Wildman–Crippen LogP) is 2.85. The predicted molar refractivity (Wildman–Crippen MR) is 150 cm³/mol. The van der Waals surface area contributed by atoms with E-state index in [2.05, 4.69) is 29.8 Å². The Hall–Kier alpha value is -5.06. The van der Waals surface area contributed by atoms with Crippen LogP contribution in [0.25, 0.3) is 0 Å². The van der Waals surface area contributed by atoms with Gasteiger partial charge in [0.25, 0.3) is 0 Å². The van der Waals surface area contributed by atoms with Crippen molar-refractivity contribution in [3.05, 3.63) is 47.7 Å². The van der Waals surface area contributed by atoms with Gasteiger partial charge >= 0.3 is 30.2 Å². The minimum Gasteiger partial charge on any atom is -0.438 e. The lowest BCUT2D eigenvalue weighted by Gasteiger charge is -2.44. The second kappa shape index (κ2) is 14.4. The molecule has 0 spiro atoms. The van der Waals surface area contributed by atoms with Crippen LogP contribution in [0, 0.1) is 11.8 Å². The van der Waals surface area contributed by atoms with Crippen LogP contribution in [0.4, 0.5) is 19.4 Å². The number of ether oxygens (including phenoxy) is 6. The highest BCUT2D eigenvalue weighted by Crippen LogP contribution is 2.42. The standard InChI is InChI=1S/C29H32F2N4O11/c1-15(2)26(38)43-13-41-12-33-23-10-18(7-8-32-23)9-20-24(27(39)44-14-42-17(4)36)35(25(20)37)28(40)34-16(3)19-5-6-21-22(11-19)46-29(30,31)45-21/h5-8,10-11,15-16,20,24H,9,12-14H2,1-4H3,(H,32,33)(H,34,40). The number of amides is 3. The number of urea groups is 1. The van der Waals surface area contributed by atoms with Gasteiger partial charge in [-0.3, -0.25) is 14.4 Å². The Morgan fingerprint density at radius 2 is 1.76 bits per heavy atom. The number of rotatable bonds is 13. The molecule has 0 saturated carbocycles. The quantitative estimate of drug-likeness (QED) is 0.140. The molecule has 2 aromatic rings. The maximum atomic E-state index is 13.4. The number of pyridine rings is 1. The topological polar surface area (TPSA) is 181 Å². The molecule has 1 aromatic carbocycles. The van der Waals surface area contributed by atoms with Crippen LogP contribution in [-0.2, 0) is 44.5 Å². The molecule has 3 heterocycles. The van der Waals surface area contributed by atoms with E-state index in [0.717, 1.165) is 6.92 Å². The molecule has 3 amide bonds. The van der Waals surface area contributed by atoms with Crippen molar-refractivity contribution in [2.24, 2.45) is 11.8 Å². The van der Waals surface area contributed by atoms with Crippen LogP contribution in [-0.4, -0.2) is 72.4 Å². The number of esters is 3. The molecule has 3 unspecified atom stereocenters. The van der Waals surface area contributed by atoms with Gasteiger partial charge in [-0.2, -0.15) is 0 Å². The average Bonchev–Trinajstić information content (AvgIpc) is 3.30. The first-order valence-electron chi connectivity index (χ1n) is 14.0. The van der Waals surface area contributed by atoms with E-state index in [4.69, 9.17) is 14.2 Å². The number of halogens is 2. The number of carbonyl (C=O) groups excluding carboxylic acids is 5. The molecule has 2 aliphatic rings. The van der Waals surface area contributed by atoms with Crippen LogP contribution in [0.15, 0.2) is 36.5 Å². The third kappa shape index (κ3) is 8.35. The summed E-state index contributed by atoms with van der Waals surface area (Å²) >= 11 is 0. The van der Waals surface area contributed by atoms with Crippen LogP contribution in [0.2, 0.25) is 0 Å². The Morgan fingerprint density at radius 1 is 1.02 bits per heavy atom. The maximum absolute atomic E-state index is 13.4. The van der Waals surface area contributed by atoms with E-state index in [1.54, 1.807) is 26.0 Å². The van der Waals surface area contributed by atoms with Gasteiger partial charge in [-0.1, -0.05) is 19.9 Å². The highest BCUT2D eigenvalue weighted by atomic mass is 19.3. The lowest BCUT2D eigenvalue weighted by Crippen LogP contribution is -2.69. The minimum absolute atomic E-state index is 0.00588. The molecule has 4 rings (SSSR count). The first-order valence-corrected chi connectivity index (χ1v) is 14.0. The summed E-state index contributed by atoms with van der Waals surface area (Å²) in [6, 6.07) is 4.01. The number of benzene rings is 1. The molecular formula is C29H32F2N4O11. The summed E-state index contributed by atoms with van der Waals surface area (Å²) < 4.78 is 55.5. The fraction of sp³-hybridized carbons (Fsp3) is 0.448. The Bertz CT molecular complexity index is 1490. The lowest BCUT2D eigenvalue weighted by molar-refractivity contribution is -0.286. The van der Waals surface area contributed by atoms with Crippen LogP contribution in [0.5, 0.6) is 11.5 Å². The van der Waals surface area contributed by atoms with Gasteiger partial charge in [0, 0.05) is 13.1 Å². The number of carbonyl (C=O) groups is 5. The number of likely N-dealkylation sites (tertiary alicyclic amines) is 1. The smallest absolute Gasteiger partial charge is 0.438 e.